The molecule has 0 aromatic heterocycles. The molecular weight excluding hydrogens is 301 g/mol. The number of anilines is 1. The van der Waals surface area contributed by atoms with Gasteiger partial charge < -0.3 is 10.4 Å². The fraction of sp³-hybridized carbons (Fsp3) is 0.462. The molecule has 0 bridgehead atoms. The summed E-state index contributed by atoms with van der Waals surface area (Å²) in [4.78, 5) is 10.8. The highest BCUT2D eigenvalue weighted by molar-refractivity contribution is 9.10. The van der Waals surface area contributed by atoms with Gasteiger partial charge in [-0.25, -0.2) is 9.18 Å². The number of rotatable bonds is 4. The molecule has 0 heterocycles. The van der Waals surface area contributed by atoms with E-state index in [1.165, 1.54) is 37.8 Å². The SMILES string of the molecule is O=C(O)c1ccc(NCC2CCCC2)c(F)c1Br. The third-order valence-corrected chi connectivity index (χ3v) is 4.14. The predicted molar refractivity (Wildman–Crippen MR) is 71.5 cm³/mol. The van der Waals surface area contributed by atoms with Crippen LogP contribution in [0.1, 0.15) is 36.0 Å². The van der Waals surface area contributed by atoms with Crippen molar-refractivity contribution >= 4 is 27.6 Å². The Morgan fingerprint density at radius 3 is 2.72 bits per heavy atom. The summed E-state index contributed by atoms with van der Waals surface area (Å²) in [7, 11) is 0. The van der Waals surface area contributed by atoms with E-state index in [1.54, 1.807) is 0 Å². The van der Waals surface area contributed by atoms with Crippen molar-refractivity contribution in [2.45, 2.75) is 25.7 Å². The van der Waals surface area contributed by atoms with Crippen LogP contribution in [0.5, 0.6) is 0 Å². The third-order valence-electron chi connectivity index (χ3n) is 3.37. The Hall–Kier alpha value is -1.10. The lowest BCUT2D eigenvalue weighted by molar-refractivity contribution is 0.0695. The average molecular weight is 316 g/mol. The van der Waals surface area contributed by atoms with Crippen LogP contribution in [0.2, 0.25) is 0 Å². The monoisotopic (exact) mass is 315 g/mol. The summed E-state index contributed by atoms with van der Waals surface area (Å²) in [6, 6.07) is 2.89. The Balaban J connectivity index is 2.09. The van der Waals surface area contributed by atoms with E-state index >= 15 is 0 Å². The zero-order chi connectivity index (χ0) is 13.1. The van der Waals surface area contributed by atoms with Crippen LogP contribution in [-0.4, -0.2) is 17.6 Å². The topological polar surface area (TPSA) is 49.3 Å². The van der Waals surface area contributed by atoms with E-state index in [2.05, 4.69) is 21.2 Å². The molecule has 1 aromatic carbocycles. The molecule has 2 rings (SSSR count). The number of hydrogen-bond acceptors (Lipinski definition) is 2. The first-order valence-corrected chi connectivity index (χ1v) is 6.84. The Bertz CT molecular complexity index is 459. The van der Waals surface area contributed by atoms with Crippen molar-refractivity contribution in [3.05, 3.63) is 28.0 Å². The molecule has 0 radical (unpaired) electrons. The number of carboxylic acids is 1. The van der Waals surface area contributed by atoms with Crippen molar-refractivity contribution in [3.63, 3.8) is 0 Å². The number of carboxylic acid groups (broad SMARTS) is 1. The van der Waals surface area contributed by atoms with Crippen LogP contribution in [-0.2, 0) is 0 Å². The lowest BCUT2D eigenvalue weighted by Gasteiger charge is -2.13. The summed E-state index contributed by atoms with van der Waals surface area (Å²) in [5, 5.41) is 11.9. The standard InChI is InChI=1S/C13H15BrFNO2/c14-11-9(13(17)18)5-6-10(12(11)15)16-7-8-3-1-2-4-8/h5-6,8,16H,1-4,7H2,(H,17,18). The van der Waals surface area contributed by atoms with Crippen LogP contribution >= 0.6 is 15.9 Å². The van der Waals surface area contributed by atoms with Crippen LogP contribution in [0.15, 0.2) is 16.6 Å². The minimum Gasteiger partial charge on any atom is -0.478 e. The predicted octanol–water partition coefficient (Wildman–Crippen LogP) is 3.89. The number of carbonyl (C=O) groups is 1. The second-order valence-electron chi connectivity index (χ2n) is 4.63. The molecule has 1 aromatic rings. The first kappa shape index (κ1) is 13.3. The first-order chi connectivity index (χ1) is 8.59. The van der Waals surface area contributed by atoms with Gasteiger partial charge in [0, 0.05) is 6.54 Å². The highest BCUT2D eigenvalue weighted by Gasteiger charge is 2.18. The molecule has 1 saturated carbocycles. The van der Waals surface area contributed by atoms with Crippen molar-refractivity contribution in [2.75, 3.05) is 11.9 Å². The number of benzene rings is 1. The second-order valence-corrected chi connectivity index (χ2v) is 5.42. The molecule has 18 heavy (non-hydrogen) atoms. The van der Waals surface area contributed by atoms with Gasteiger partial charge in [-0.05, 0) is 46.8 Å². The van der Waals surface area contributed by atoms with E-state index in [0.29, 0.717) is 11.6 Å². The van der Waals surface area contributed by atoms with E-state index in [9.17, 15) is 9.18 Å². The molecule has 98 valence electrons. The molecule has 0 amide bonds. The highest BCUT2D eigenvalue weighted by atomic mass is 79.9. The second kappa shape index (κ2) is 5.69. The summed E-state index contributed by atoms with van der Waals surface area (Å²) in [5.41, 5.74) is 0.303. The Labute approximate surface area is 114 Å². The largest absolute Gasteiger partial charge is 0.478 e. The van der Waals surface area contributed by atoms with Gasteiger partial charge in [0.2, 0.25) is 0 Å². The lowest BCUT2D eigenvalue weighted by atomic mass is 10.1. The van der Waals surface area contributed by atoms with Gasteiger partial charge in [-0.3, -0.25) is 0 Å². The molecule has 1 aliphatic carbocycles. The summed E-state index contributed by atoms with van der Waals surface area (Å²) in [6.45, 7) is 0.746. The fourth-order valence-electron chi connectivity index (χ4n) is 2.32. The normalized spacial score (nSPS) is 15.9. The molecule has 1 aliphatic rings. The summed E-state index contributed by atoms with van der Waals surface area (Å²) in [6.07, 6.45) is 4.86. The summed E-state index contributed by atoms with van der Waals surface area (Å²) < 4.78 is 13.9. The summed E-state index contributed by atoms with van der Waals surface area (Å²) in [5.74, 6) is -1.07. The van der Waals surface area contributed by atoms with Crippen LogP contribution < -0.4 is 5.32 Å². The van der Waals surface area contributed by atoms with Gasteiger partial charge >= 0.3 is 5.97 Å². The Kier molecular flexibility index (Phi) is 4.22. The van der Waals surface area contributed by atoms with E-state index in [0.717, 1.165) is 6.54 Å². The van der Waals surface area contributed by atoms with E-state index in [1.807, 2.05) is 0 Å². The zero-order valence-electron chi connectivity index (χ0n) is 9.88. The lowest BCUT2D eigenvalue weighted by Crippen LogP contribution is -2.12. The van der Waals surface area contributed by atoms with Gasteiger partial charge in [-0.1, -0.05) is 12.8 Å². The van der Waals surface area contributed by atoms with Crippen molar-refractivity contribution in [1.82, 2.24) is 0 Å². The number of nitrogens with one attached hydrogen (secondary N) is 1. The highest BCUT2D eigenvalue weighted by Crippen LogP contribution is 2.29. The molecule has 3 nitrogen and oxygen atoms in total. The Morgan fingerprint density at radius 1 is 1.44 bits per heavy atom. The molecule has 0 saturated heterocycles. The first-order valence-electron chi connectivity index (χ1n) is 6.04. The van der Waals surface area contributed by atoms with E-state index in [4.69, 9.17) is 5.11 Å². The maximum Gasteiger partial charge on any atom is 0.336 e. The van der Waals surface area contributed by atoms with Gasteiger partial charge in [0.05, 0.1) is 15.7 Å². The molecule has 5 heteroatoms. The molecule has 2 N–H and O–H groups in total. The van der Waals surface area contributed by atoms with Crippen LogP contribution in [0.4, 0.5) is 10.1 Å². The number of aromatic carboxylic acids is 1. The smallest absolute Gasteiger partial charge is 0.336 e. The molecule has 0 unspecified atom stereocenters. The zero-order valence-corrected chi connectivity index (χ0v) is 11.5. The van der Waals surface area contributed by atoms with Crippen molar-refractivity contribution in [3.8, 4) is 0 Å². The average Bonchev–Trinajstić information content (AvgIpc) is 2.83. The Morgan fingerprint density at radius 2 is 2.11 bits per heavy atom. The van der Waals surface area contributed by atoms with Crippen molar-refractivity contribution in [1.29, 1.82) is 0 Å². The van der Waals surface area contributed by atoms with Gasteiger partial charge in [-0.2, -0.15) is 0 Å². The number of halogens is 2. The van der Waals surface area contributed by atoms with Crippen LogP contribution in [0, 0.1) is 11.7 Å². The molecule has 0 atom stereocenters. The summed E-state index contributed by atoms with van der Waals surface area (Å²) >= 11 is 2.99. The van der Waals surface area contributed by atoms with E-state index in [-0.39, 0.29) is 10.0 Å². The molecule has 1 fully saturated rings. The maximum absolute atomic E-state index is 13.9. The minimum atomic E-state index is -1.14. The van der Waals surface area contributed by atoms with E-state index < -0.39 is 11.8 Å². The maximum atomic E-state index is 13.9. The molecule has 0 aliphatic heterocycles. The molecule has 0 spiro atoms. The van der Waals surface area contributed by atoms with Gasteiger partial charge in [0.1, 0.15) is 0 Å². The van der Waals surface area contributed by atoms with Crippen LogP contribution in [0.3, 0.4) is 0 Å². The van der Waals surface area contributed by atoms with Gasteiger partial charge in [0.25, 0.3) is 0 Å². The number of hydrogen-bond donors (Lipinski definition) is 2. The quantitative estimate of drug-likeness (QED) is 0.886. The molecular formula is C13H15BrFNO2. The fourth-order valence-corrected chi connectivity index (χ4v) is 2.84. The van der Waals surface area contributed by atoms with Crippen molar-refractivity contribution in [2.24, 2.45) is 5.92 Å². The third kappa shape index (κ3) is 2.83. The minimum absolute atomic E-state index is 0.00595. The van der Waals surface area contributed by atoms with Gasteiger partial charge in [-0.15, -0.1) is 0 Å². The van der Waals surface area contributed by atoms with Crippen LogP contribution in [0.25, 0.3) is 0 Å². The van der Waals surface area contributed by atoms with Gasteiger partial charge in [0.15, 0.2) is 5.82 Å². The van der Waals surface area contributed by atoms with Crippen molar-refractivity contribution < 1.29 is 14.3 Å².